The van der Waals surface area contributed by atoms with E-state index in [1.165, 1.54) is 0 Å². The van der Waals surface area contributed by atoms with Gasteiger partial charge in [-0.2, -0.15) is 0 Å². The Labute approximate surface area is 183 Å². The standard InChI is InChI=1S/C19H31N5O3.HI/c1-3-21-19(23-15-7-9-24(10-8-15)13-18(20)26)22-12-17(25)14-5-4-6-16(11-14)27-2;/h4-6,11,15,17,25H,3,7-10,12-13H2,1-2H3,(H2,20,26)(H2,21,22,23);1H. The van der Waals surface area contributed by atoms with Crippen LogP contribution in [0.3, 0.4) is 0 Å². The fourth-order valence-electron chi connectivity index (χ4n) is 3.10. The molecule has 8 nitrogen and oxygen atoms in total. The van der Waals surface area contributed by atoms with Gasteiger partial charge in [-0.15, -0.1) is 24.0 Å². The van der Waals surface area contributed by atoms with Gasteiger partial charge in [0, 0.05) is 25.7 Å². The van der Waals surface area contributed by atoms with E-state index in [-0.39, 0.29) is 42.5 Å². The minimum absolute atomic E-state index is 0. The number of carbonyl (C=O) groups is 1. The SMILES string of the molecule is CCNC(=NCC(O)c1cccc(OC)c1)NC1CCN(CC(N)=O)CC1.I. The van der Waals surface area contributed by atoms with Crippen LogP contribution in [-0.2, 0) is 4.79 Å². The largest absolute Gasteiger partial charge is 0.497 e. The molecule has 2 rings (SSSR count). The average molecular weight is 505 g/mol. The van der Waals surface area contributed by atoms with Crippen molar-refractivity contribution in [1.82, 2.24) is 15.5 Å². The van der Waals surface area contributed by atoms with E-state index in [2.05, 4.69) is 20.5 Å². The first-order valence-electron chi connectivity index (χ1n) is 9.39. The van der Waals surface area contributed by atoms with Gasteiger partial charge in [0.15, 0.2) is 5.96 Å². The van der Waals surface area contributed by atoms with Crippen molar-refractivity contribution in [3.8, 4) is 5.75 Å². The predicted molar refractivity (Wildman–Crippen MR) is 121 cm³/mol. The Morgan fingerprint density at radius 1 is 1.43 bits per heavy atom. The normalized spacial score (nSPS) is 16.8. The van der Waals surface area contributed by atoms with Crippen LogP contribution in [0.15, 0.2) is 29.3 Å². The van der Waals surface area contributed by atoms with Crippen LogP contribution in [-0.4, -0.2) is 67.7 Å². The number of hydrogen-bond donors (Lipinski definition) is 4. The van der Waals surface area contributed by atoms with Gasteiger partial charge in [0.1, 0.15) is 5.75 Å². The number of halogens is 1. The Kier molecular flexibility index (Phi) is 11.2. The molecule has 0 saturated carbocycles. The van der Waals surface area contributed by atoms with Crippen LogP contribution < -0.4 is 21.1 Å². The fourth-order valence-corrected chi connectivity index (χ4v) is 3.10. The Bertz CT molecular complexity index is 636. The van der Waals surface area contributed by atoms with Gasteiger partial charge in [-0.05, 0) is 37.5 Å². The number of benzene rings is 1. The van der Waals surface area contributed by atoms with Gasteiger partial charge in [-0.25, -0.2) is 0 Å². The molecule has 0 spiro atoms. The molecular formula is C19H32IN5O3. The van der Waals surface area contributed by atoms with Crippen molar-refractivity contribution in [3.63, 3.8) is 0 Å². The highest BCUT2D eigenvalue weighted by Gasteiger charge is 2.21. The van der Waals surface area contributed by atoms with Crippen LogP contribution in [0.25, 0.3) is 0 Å². The lowest BCUT2D eigenvalue weighted by atomic mass is 10.1. The van der Waals surface area contributed by atoms with E-state index in [0.717, 1.165) is 38.0 Å². The Hall–Kier alpha value is -1.59. The third-order valence-electron chi connectivity index (χ3n) is 4.55. The van der Waals surface area contributed by atoms with Crippen LogP contribution >= 0.6 is 24.0 Å². The molecule has 1 aliphatic heterocycles. The third kappa shape index (κ3) is 8.19. The number of nitrogens with one attached hydrogen (secondary N) is 2. The van der Waals surface area contributed by atoms with Crippen molar-refractivity contribution < 1.29 is 14.6 Å². The van der Waals surface area contributed by atoms with E-state index in [4.69, 9.17) is 10.5 Å². The average Bonchev–Trinajstić information content (AvgIpc) is 2.67. The van der Waals surface area contributed by atoms with Crippen LogP contribution in [0, 0.1) is 0 Å². The van der Waals surface area contributed by atoms with Crippen LogP contribution in [0.1, 0.15) is 31.4 Å². The number of ether oxygens (including phenoxy) is 1. The van der Waals surface area contributed by atoms with Crippen molar-refractivity contribution in [2.24, 2.45) is 10.7 Å². The lowest BCUT2D eigenvalue weighted by Crippen LogP contribution is -2.49. The lowest BCUT2D eigenvalue weighted by Gasteiger charge is -2.32. The summed E-state index contributed by atoms with van der Waals surface area (Å²) in [5.74, 6) is 1.11. The smallest absolute Gasteiger partial charge is 0.231 e. The number of rotatable bonds is 8. The van der Waals surface area contributed by atoms with Gasteiger partial charge in [-0.1, -0.05) is 12.1 Å². The molecule has 1 heterocycles. The van der Waals surface area contributed by atoms with Crippen LogP contribution in [0.5, 0.6) is 5.75 Å². The molecule has 1 fully saturated rings. The number of nitrogens with two attached hydrogens (primary N) is 1. The summed E-state index contributed by atoms with van der Waals surface area (Å²) in [6, 6.07) is 7.65. The summed E-state index contributed by atoms with van der Waals surface area (Å²) in [6.45, 7) is 4.96. The quantitative estimate of drug-likeness (QED) is 0.237. The number of nitrogens with zero attached hydrogens (tertiary/aromatic N) is 2. The maximum absolute atomic E-state index is 11.0. The zero-order chi connectivity index (χ0) is 19.6. The van der Waals surface area contributed by atoms with Crippen molar-refractivity contribution in [1.29, 1.82) is 0 Å². The highest BCUT2D eigenvalue weighted by Crippen LogP contribution is 2.19. The first-order valence-corrected chi connectivity index (χ1v) is 9.39. The fraction of sp³-hybridized carbons (Fsp3) is 0.579. The van der Waals surface area contributed by atoms with Gasteiger partial charge in [0.2, 0.25) is 5.91 Å². The van der Waals surface area contributed by atoms with Crippen molar-refractivity contribution >= 4 is 35.8 Å². The molecule has 1 atom stereocenters. The van der Waals surface area contributed by atoms with Crippen LogP contribution in [0.2, 0.25) is 0 Å². The number of primary amides is 1. The maximum atomic E-state index is 11.0. The highest BCUT2D eigenvalue weighted by atomic mass is 127. The summed E-state index contributed by atoms with van der Waals surface area (Å²) in [5, 5.41) is 17.1. The summed E-state index contributed by atoms with van der Waals surface area (Å²) in [6.07, 6.45) is 1.12. The molecule has 1 aromatic rings. The first kappa shape index (κ1) is 24.4. The Balaban J connectivity index is 0.00000392. The van der Waals surface area contributed by atoms with Gasteiger partial charge in [0.05, 0.1) is 26.3 Å². The van der Waals surface area contributed by atoms with Gasteiger partial charge < -0.3 is 26.2 Å². The Morgan fingerprint density at radius 2 is 2.14 bits per heavy atom. The monoisotopic (exact) mass is 505 g/mol. The molecule has 1 saturated heterocycles. The number of aliphatic hydroxyl groups excluding tert-OH is 1. The molecule has 0 radical (unpaired) electrons. The topological polar surface area (TPSA) is 112 Å². The number of amides is 1. The van der Waals surface area contributed by atoms with E-state index in [1.807, 2.05) is 31.2 Å². The van der Waals surface area contributed by atoms with Crippen molar-refractivity contribution in [2.75, 3.05) is 39.8 Å². The molecule has 1 unspecified atom stereocenters. The minimum atomic E-state index is -0.701. The second kappa shape index (κ2) is 12.8. The van der Waals surface area contributed by atoms with Crippen LogP contribution in [0.4, 0.5) is 0 Å². The number of aliphatic imine (C=N–C) groups is 1. The molecule has 5 N–H and O–H groups in total. The summed E-state index contributed by atoms with van der Waals surface area (Å²) >= 11 is 0. The predicted octanol–water partition coefficient (Wildman–Crippen LogP) is 0.851. The number of hydrogen-bond acceptors (Lipinski definition) is 5. The third-order valence-corrected chi connectivity index (χ3v) is 4.55. The van der Waals surface area contributed by atoms with Gasteiger partial charge >= 0.3 is 0 Å². The number of methoxy groups -OCH3 is 1. The maximum Gasteiger partial charge on any atom is 0.231 e. The van der Waals surface area contributed by atoms with E-state index >= 15 is 0 Å². The molecular weight excluding hydrogens is 473 g/mol. The molecule has 1 aromatic carbocycles. The summed E-state index contributed by atoms with van der Waals surface area (Å²) in [4.78, 5) is 17.6. The molecule has 0 aromatic heterocycles. The van der Waals surface area contributed by atoms with E-state index in [1.54, 1.807) is 7.11 Å². The number of piperidine rings is 1. The zero-order valence-electron chi connectivity index (χ0n) is 16.6. The Morgan fingerprint density at radius 3 is 2.75 bits per heavy atom. The number of aliphatic hydroxyl groups is 1. The van der Waals surface area contributed by atoms with E-state index in [0.29, 0.717) is 18.3 Å². The highest BCUT2D eigenvalue weighted by molar-refractivity contribution is 14.0. The lowest BCUT2D eigenvalue weighted by molar-refractivity contribution is -0.119. The number of carbonyl (C=O) groups excluding carboxylic acids is 1. The number of likely N-dealkylation sites (tertiary alicyclic amines) is 1. The molecule has 1 aliphatic rings. The molecule has 0 aliphatic carbocycles. The van der Waals surface area contributed by atoms with Crippen molar-refractivity contribution in [2.45, 2.75) is 31.9 Å². The van der Waals surface area contributed by atoms with E-state index < -0.39 is 6.10 Å². The summed E-state index contributed by atoms with van der Waals surface area (Å²) < 4.78 is 5.20. The second-order valence-electron chi connectivity index (χ2n) is 6.67. The zero-order valence-corrected chi connectivity index (χ0v) is 18.9. The van der Waals surface area contributed by atoms with E-state index in [9.17, 15) is 9.90 Å². The number of guanidine groups is 1. The van der Waals surface area contributed by atoms with Gasteiger partial charge in [-0.3, -0.25) is 14.7 Å². The molecule has 158 valence electrons. The first-order chi connectivity index (χ1) is 13.0. The minimum Gasteiger partial charge on any atom is -0.497 e. The second-order valence-corrected chi connectivity index (χ2v) is 6.67. The van der Waals surface area contributed by atoms with Gasteiger partial charge in [0.25, 0.3) is 0 Å². The summed E-state index contributed by atoms with van der Waals surface area (Å²) in [7, 11) is 1.60. The molecule has 1 amide bonds. The summed E-state index contributed by atoms with van der Waals surface area (Å²) in [5.41, 5.74) is 6.03. The molecule has 9 heteroatoms. The molecule has 0 bridgehead atoms. The molecule has 28 heavy (non-hydrogen) atoms. The van der Waals surface area contributed by atoms with Crippen molar-refractivity contribution in [3.05, 3.63) is 29.8 Å².